The average Bonchev–Trinajstić information content (AvgIpc) is 2.68. The predicted molar refractivity (Wildman–Crippen MR) is 67.0 cm³/mol. The van der Waals surface area contributed by atoms with E-state index < -0.39 is 0 Å². The van der Waals surface area contributed by atoms with Crippen LogP contribution in [0.2, 0.25) is 5.02 Å². The molecule has 2 heterocycles. The maximum Gasteiger partial charge on any atom is 0.178 e. The number of hydrogen-bond acceptors (Lipinski definition) is 3. The molecular formula is C11H6Cl2N4. The lowest BCUT2D eigenvalue weighted by molar-refractivity contribution is 1.17. The maximum atomic E-state index is 6.16. The zero-order valence-corrected chi connectivity index (χ0v) is 10.0. The minimum atomic E-state index is 0.580. The summed E-state index contributed by atoms with van der Waals surface area (Å²) in [5.74, 6) is 0.602. The summed E-state index contributed by atoms with van der Waals surface area (Å²) in [4.78, 5) is 12.4. The molecule has 4 nitrogen and oxygen atoms in total. The van der Waals surface area contributed by atoms with E-state index >= 15 is 0 Å². The van der Waals surface area contributed by atoms with Crippen LogP contribution in [0.1, 0.15) is 0 Å². The highest BCUT2D eigenvalue weighted by Crippen LogP contribution is 2.25. The van der Waals surface area contributed by atoms with Crippen molar-refractivity contribution in [2.24, 2.45) is 0 Å². The van der Waals surface area contributed by atoms with Gasteiger partial charge >= 0.3 is 0 Å². The quantitative estimate of drug-likeness (QED) is 0.678. The molecule has 0 atom stereocenters. The number of nitrogens with zero attached hydrogens (tertiary/aromatic N) is 4. The van der Waals surface area contributed by atoms with Crippen molar-refractivity contribution in [3.63, 3.8) is 0 Å². The minimum Gasteiger partial charge on any atom is -0.242 e. The Morgan fingerprint density at radius 2 is 2.12 bits per heavy atom. The summed E-state index contributed by atoms with van der Waals surface area (Å²) in [6.45, 7) is 0. The summed E-state index contributed by atoms with van der Waals surface area (Å²) < 4.78 is 1.41. The van der Waals surface area contributed by atoms with E-state index in [4.69, 9.17) is 23.4 Å². The van der Waals surface area contributed by atoms with Crippen LogP contribution in [-0.4, -0.2) is 19.0 Å². The Bertz CT molecular complexity index is 693. The van der Waals surface area contributed by atoms with Crippen molar-refractivity contribution in [2.45, 2.75) is 0 Å². The normalized spacial score (nSPS) is 10.9. The summed E-state index contributed by atoms with van der Waals surface area (Å²) >= 11 is 12.1. The second-order valence-corrected chi connectivity index (χ2v) is 4.23. The van der Waals surface area contributed by atoms with Crippen LogP contribution in [0.15, 0.2) is 36.8 Å². The largest absolute Gasteiger partial charge is 0.242 e. The predicted octanol–water partition coefficient (Wildman–Crippen LogP) is 3.15. The lowest BCUT2D eigenvalue weighted by Gasteiger charge is -1.99. The van der Waals surface area contributed by atoms with Gasteiger partial charge in [-0.3, -0.25) is 0 Å². The molecule has 0 saturated carbocycles. The van der Waals surface area contributed by atoms with E-state index in [0.717, 1.165) is 5.56 Å². The molecule has 84 valence electrons. The van der Waals surface area contributed by atoms with Crippen LogP contribution in [0.4, 0.5) is 0 Å². The molecule has 0 spiro atoms. The molecular weight excluding hydrogens is 259 g/mol. The number of benzene rings is 1. The molecule has 0 aliphatic rings. The monoisotopic (exact) mass is 264 g/mol. The van der Waals surface area contributed by atoms with Gasteiger partial charge in [-0.05, 0) is 12.1 Å². The van der Waals surface area contributed by atoms with E-state index in [9.17, 15) is 0 Å². The molecule has 0 aliphatic carbocycles. The van der Waals surface area contributed by atoms with E-state index in [1.54, 1.807) is 18.3 Å². The molecule has 0 amide bonds. The first-order chi connectivity index (χ1) is 8.25. The van der Waals surface area contributed by atoms with Gasteiger partial charge in [0.05, 0.1) is 6.20 Å². The van der Waals surface area contributed by atoms with Crippen LogP contribution in [0.3, 0.4) is 0 Å². The molecule has 3 rings (SSSR count). The van der Waals surface area contributed by atoms with Crippen molar-refractivity contribution in [1.82, 2.24) is 19.0 Å². The topological polar surface area (TPSA) is 43.6 Å². The Hall–Kier alpha value is -1.65. The smallest absolute Gasteiger partial charge is 0.178 e. The molecule has 0 saturated heterocycles. The Morgan fingerprint density at radius 1 is 1.24 bits per heavy atom. The molecule has 0 fully saturated rings. The van der Waals surface area contributed by atoms with Crippen molar-refractivity contribution in [3.05, 3.63) is 41.8 Å². The third kappa shape index (κ3) is 1.75. The van der Waals surface area contributed by atoms with E-state index in [1.807, 2.05) is 12.1 Å². The fraction of sp³-hybridized carbons (Fsp3) is 0. The van der Waals surface area contributed by atoms with E-state index in [-0.39, 0.29) is 0 Å². The molecule has 2 aromatic heterocycles. The van der Waals surface area contributed by atoms with Crippen molar-refractivity contribution in [3.8, 4) is 11.4 Å². The number of hydrogen-bond donors (Lipinski definition) is 0. The number of halogens is 2. The van der Waals surface area contributed by atoms with Gasteiger partial charge in [0.1, 0.15) is 11.8 Å². The van der Waals surface area contributed by atoms with E-state index in [2.05, 4.69) is 15.0 Å². The van der Waals surface area contributed by atoms with Gasteiger partial charge in [0.2, 0.25) is 0 Å². The average molecular weight is 265 g/mol. The minimum absolute atomic E-state index is 0.580. The lowest BCUT2D eigenvalue weighted by atomic mass is 10.2. The summed E-state index contributed by atoms with van der Waals surface area (Å²) in [7, 11) is 0. The van der Waals surface area contributed by atoms with Gasteiger partial charge < -0.3 is 0 Å². The van der Waals surface area contributed by atoms with Crippen molar-refractivity contribution in [1.29, 1.82) is 0 Å². The second-order valence-electron chi connectivity index (χ2n) is 3.46. The lowest BCUT2D eigenvalue weighted by Crippen LogP contribution is -1.88. The fourth-order valence-corrected chi connectivity index (χ4v) is 2.07. The molecule has 1 aromatic carbocycles. The van der Waals surface area contributed by atoms with Gasteiger partial charge in [-0.25, -0.2) is 19.0 Å². The number of rotatable bonds is 1. The van der Waals surface area contributed by atoms with Gasteiger partial charge in [0.25, 0.3) is 0 Å². The van der Waals surface area contributed by atoms with E-state index in [0.29, 0.717) is 22.0 Å². The highest BCUT2D eigenvalue weighted by Gasteiger charge is 2.12. The summed E-state index contributed by atoms with van der Waals surface area (Å²) in [6.07, 6.45) is 3.06. The maximum absolute atomic E-state index is 6.16. The first-order valence-electron chi connectivity index (χ1n) is 4.86. The Labute approximate surface area is 107 Å². The summed E-state index contributed by atoms with van der Waals surface area (Å²) in [5, 5.41) is 0.636. The van der Waals surface area contributed by atoms with Crippen LogP contribution in [-0.2, 0) is 0 Å². The molecule has 17 heavy (non-hydrogen) atoms. The highest BCUT2D eigenvalue weighted by atomic mass is 35.5. The Kier molecular flexibility index (Phi) is 2.46. The van der Waals surface area contributed by atoms with Crippen LogP contribution in [0.5, 0.6) is 0 Å². The molecule has 6 heteroatoms. The van der Waals surface area contributed by atoms with Crippen LogP contribution in [0, 0.1) is 0 Å². The zero-order valence-electron chi connectivity index (χ0n) is 8.51. The van der Waals surface area contributed by atoms with Crippen LogP contribution in [0.25, 0.3) is 22.6 Å². The molecule has 0 radical (unpaired) electrons. The Balaban J connectivity index is 2.27. The summed E-state index contributed by atoms with van der Waals surface area (Å²) in [5.41, 5.74) is 2.07. The SMILES string of the molecule is Clc1cccc(-c2nc3cncnc3n2Cl)c1. The van der Waals surface area contributed by atoms with Gasteiger partial charge in [-0.2, -0.15) is 0 Å². The highest BCUT2D eigenvalue weighted by molar-refractivity contribution is 6.30. The first kappa shape index (κ1) is 10.5. The van der Waals surface area contributed by atoms with Crippen LogP contribution < -0.4 is 0 Å². The van der Waals surface area contributed by atoms with E-state index in [1.165, 1.54) is 10.4 Å². The third-order valence-electron chi connectivity index (χ3n) is 2.35. The summed E-state index contributed by atoms with van der Waals surface area (Å²) in [6, 6.07) is 7.33. The zero-order chi connectivity index (χ0) is 11.8. The molecule has 3 aromatic rings. The van der Waals surface area contributed by atoms with Crippen molar-refractivity contribution >= 4 is 34.5 Å². The third-order valence-corrected chi connectivity index (χ3v) is 2.91. The Morgan fingerprint density at radius 3 is 2.88 bits per heavy atom. The van der Waals surface area contributed by atoms with Gasteiger partial charge in [0, 0.05) is 22.4 Å². The van der Waals surface area contributed by atoms with Crippen molar-refractivity contribution in [2.75, 3.05) is 0 Å². The number of aromatic nitrogens is 4. The number of fused-ring (bicyclic) bond motifs is 1. The fourth-order valence-electron chi connectivity index (χ4n) is 1.61. The molecule has 0 unspecified atom stereocenters. The molecule has 0 aliphatic heterocycles. The molecule has 0 N–H and O–H groups in total. The van der Waals surface area contributed by atoms with Gasteiger partial charge in [-0.15, -0.1) is 0 Å². The number of imidazole rings is 1. The van der Waals surface area contributed by atoms with Crippen molar-refractivity contribution < 1.29 is 0 Å². The van der Waals surface area contributed by atoms with Crippen LogP contribution >= 0.6 is 23.4 Å². The van der Waals surface area contributed by atoms with Gasteiger partial charge in [0.15, 0.2) is 11.5 Å². The molecule has 0 bridgehead atoms. The standard InChI is InChI=1S/C11H6Cl2N4/c12-8-3-1-2-7(4-8)10-16-9-5-14-6-15-11(9)17(10)13/h1-6H. The second kappa shape index (κ2) is 3.98. The first-order valence-corrected chi connectivity index (χ1v) is 5.58. The van der Waals surface area contributed by atoms with Gasteiger partial charge in [-0.1, -0.05) is 23.7 Å².